The van der Waals surface area contributed by atoms with Gasteiger partial charge in [0.15, 0.2) is 6.04 Å². The average molecular weight is 471 g/mol. The van der Waals surface area contributed by atoms with E-state index in [4.69, 9.17) is 6.42 Å². The topological polar surface area (TPSA) is 80.2 Å². The number of carbonyl (C=O) groups excluding carboxylic acids is 1. The molecule has 1 atom stereocenters. The van der Waals surface area contributed by atoms with Crippen LogP contribution in [0.5, 0.6) is 0 Å². The molecule has 2 N–H and O–H groups in total. The molecule has 2 aromatic rings. The number of sulfonamides is 1. The van der Waals surface area contributed by atoms with Crippen molar-refractivity contribution in [3.63, 3.8) is 0 Å². The lowest BCUT2D eigenvalue weighted by atomic mass is 10.1. The average Bonchev–Trinajstić information content (AvgIpc) is 3.02. The molecule has 1 amide bonds. The summed E-state index contributed by atoms with van der Waals surface area (Å²) in [5.41, 5.74) is -2.52. The Morgan fingerprint density at radius 3 is 2.29 bits per heavy atom. The lowest BCUT2D eigenvalue weighted by Crippen LogP contribution is -2.44. The third-order valence-corrected chi connectivity index (χ3v) is 5.21. The van der Waals surface area contributed by atoms with Gasteiger partial charge >= 0.3 is 12.4 Å². The number of aromatic nitrogens is 1. The van der Waals surface area contributed by atoms with Crippen LogP contribution in [0.15, 0.2) is 35.4 Å². The third-order valence-electron chi connectivity index (χ3n) is 3.82. The number of carbonyl (C=O) groups is 1. The Bertz CT molecular complexity index is 1150. The van der Waals surface area contributed by atoms with Gasteiger partial charge in [0, 0.05) is 18.9 Å². The highest BCUT2D eigenvalue weighted by atomic mass is 32.2. The molecule has 31 heavy (non-hydrogen) atoms. The summed E-state index contributed by atoms with van der Waals surface area (Å²) in [6.45, 7) is 0. The van der Waals surface area contributed by atoms with Crippen LogP contribution in [0.2, 0.25) is 0 Å². The SMILES string of the molecule is C#C[C@@H](NS(=O)(=O)c1cc(C(=O)Nc2ccc(F)c(C(F)(F)F)c2)n(C)c1)C(F)(F)F. The summed E-state index contributed by atoms with van der Waals surface area (Å²) in [6.07, 6.45) is -4.61. The van der Waals surface area contributed by atoms with Gasteiger partial charge in [-0.15, -0.1) is 6.42 Å². The number of benzene rings is 1. The normalized spacial score (nSPS) is 13.5. The molecule has 0 radical (unpaired) electrons. The molecule has 0 aliphatic rings. The van der Waals surface area contributed by atoms with E-state index in [1.54, 1.807) is 0 Å². The number of aryl methyl sites for hydroxylation is 1. The van der Waals surface area contributed by atoms with Crippen LogP contribution in [0.1, 0.15) is 16.1 Å². The van der Waals surface area contributed by atoms with E-state index in [-0.39, 0.29) is 0 Å². The zero-order valence-corrected chi connectivity index (χ0v) is 16.1. The van der Waals surface area contributed by atoms with Gasteiger partial charge in [-0.2, -0.15) is 31.1 Å². The molecular formula is C17H12F7N3O3S. The molecular weight excluding hydrogens is 459 g/mol. The molecule has 1 heterocycles. The molecule has 1 aromatic heterocycles. The van der Waals surface area contributed by atoms with Crippen LogP contribution in [-0.2, 0) is 23.2 Å². The molecule has 14 heteroatoms. The van der Waals surface area contributed by atoms with Crippen molar-refractivity contribution in [1.29, 1.82) is 0 Å². The summed E-state index contributed by atoms with van der Waals surface area (Å²) < 4.78 is 116. The van der Waals surface area contributed by atoms with Crippen molar-refractivity contribution in [2.24, 2.45) is 7.05 Å². The first kappa shape index (κ1) is 24.2. The summed E-state index contributed by atoms with van der Waals surface area (Å²) >= 11 is 0. The molecule has 1 aromatic carbocycles. The Kier molecular flexibility index (Phi) is 6.43. The minimum Gasteiger partial charge on any atom is -0.345 e. The van der Waals surface area contributed by atoms with Crippen LogP contribution in [-0.4, -0.2) is 31.1 Å². The molecule has 0 spiro atoms. The first-order valence-electron chi connectivity index (χ1n) is 7.96. The lowest BCUT2D eigenvalue weighted by molar-refractivity contribution is -0.140. The van der Waals surface area contributed by atoms with E-state index in [1.165, 1.54) is 17.7 Å². The van der Waals surface area contributed by atoms with E-state index in [9.17, 15) is 43.9 Å². The molecule has 0 saturated heterocycles. The minimum absolute atomic E-state index is 0.330. The largest absolute Gasteiger partial charge is 0.419 e. The number of hydrogen-bond acceptors (Lipinski definition) is 3. The highest BCUT2D eigenvalue weighted by Gasteiger charge is 2.41. The van der Waals surface area contributed by atoms with Crippen LogP contribution in [0.3, 0.4) is 0 Å². The van der Waals surface area contributed by atoms with Crippen molar-refractivity contribution in [2.75, 3.05) is 5.32 Å². The van der Waals surface area contributed by atoms with E-state index >= 15 is 0 Å². The lowest BCUT2D eigenvalue weighted by Gasteiger charge is -2.15. The van der Waals surface area contributed by atoms with Gasteiger partial charge in [0.2, 0.25) is 10.0 Å². The summed E-state index contributed by atoms with van der Waals surface area (Å²) in [6, 6.07) is -0.493. The fourth-order valence-electron chi connectivity index (χ4n) is 2.34. The number of anilines is 1. The third kappa shape index (κ3) is 5.56. The number of nitrogens with one attached hydrogen (secondary N) is 2. The van der Waals surface area contributed by atoms with E-state index < -0.39 is 62.0 Å². The summed E-state index contributed by atoms with van der Waals surface area (Å²) in [5, 5.41) is 2.03. The molecule has 0 fully saturated rings. The minimum atomic E-state index is -5.07. The number of hydrogen-bond donors (Lipinski definition) is 2. The standard InChI is InChI=1S/C17H12F7N3O3S/c1-3-14(17(22,23)24)26-31(29,30)10-7-13(27(2)8-10)15(28)25-9-4-5-12(18)11(6-9)16(19,20)21/h1,4-8,14,26H,2H3,(H,25,28)/t14-/m1/s1. The Morgan fingerprint density at radius 2 is 1.77 bits per heavy atom. The van der Waals surface area contributed by atoms with Crippen molar-refractivity contribution in [1.82, 2.24) is 9.29 Å². The summed E-state index contributed by atoms with van der Waals surface area (Å²) in [5.74, 6) is -1.43. The van der Waals surface area contributed by atoms with Crippen molar-refractivity contribution in [3.05, 3.63) is 47.5 Å². The number of amides is 1. The van der Waals surface area contributed by atoms with Crippen molar-refractivity contribution < 1.29 is 43.9 Å². The summed E-state index contributed by atoms with van der Waals surface area (Å²) in [7, 11) is -3.64. The van der Waals surface area contributed by atoms with Crippen molar-refractivity contribution in [3.8, 4) is 12.3 Å². The molecule has 0 aliphatic carbocycles. The Hall–Kier alpha value is -3.05. The predicted octanol–water partition coefficient (Wildman–Crippen LogP) is 3.28. The van der Waals surface area contributed by atoms with Gasteiger partial charge in [0.25, 0.3) is 5.91 Å². The van der Waals surface area contributed by atoms with Gasteiger partial charge in [-0.25, -0.2) is 12.8 Å². The van der Waals surface area contributed by atoms with Crippen LogP contribution < -0.4 is 10.0 Å². The quantitative estimate of drug-likeness (QED) is 0.519. The Balaban J connectivity index is 2.31. The highest BCUT2D eigenvalue weighted by Crippen LogP contribution is 2.33. The Morgan fingerprint density at radius 1 is 1.16 bits per heavy atom. The predicted molar refractivity (Wildman–Crippen MR) is 93.8 cm³/mol. The van der Waals surface area contributed by atoms with Gasteiger partial charge < -0.3 is 9.88 Å². The van der Waals surface area contributed by atoms with Gasteiger partial charge in [-0.1, -0.05) is 5.92 Å². The number of terminal acetylenes is 1. The monoisotopic (exact) mass is 471 g/mol. The number of rotatable bonds is 5. The second-order valence-electron chi connectivity index (χ2n) is 6.08. The molecule has 0 bridgehead atoms. The fraction of sp³-hybridized carbons (Fsp3) is 0.235. The first-order chi connectivity index (χ1) is 14.1. The van der Waals surface area contributed by atoms with Crippen LogP contribution in [0.25, 0.3) is 0 Å². The van der Waals surface area contributed by atoms with E-state index in [1.807, 2.05) is 5.32 Å². The van der Waals surface area contributed by atoms with Crippen LogP contribution >= 0.6 is 0 Å². The van der Waals surface area contributed by atoms with Crippen molar-refractivity contribution >= 4 is 21.6 Å². The highest BCUT2D eigenvalue weighted by molar-refractivity contribution is 7.89. The van der Waals surface area contributed by atoms with E-state index in [0.717, 1.165) is 16.8 Å². The van der Waals surface area contributed by atoms with Gasteiger partial charge in [0.1, 0.15) is 16.4 Å². The van der Waals surface area contributed by atoms with Crippen LogP contribution in [0.4, 0.5) is 36.4 Å². The number of halogens is 7. The second kappa shape index (κ2) is 8.23. The van der Waals surface area contributed by atoms with Gasteiger partial charge in [0.05, 0.1) is 5.56 Å². The zero-order valence-electron chi connectivity index (χ0n) is 15.3. The van der Waals surface area contributed by atoms with Crippen LogP contribution in [0, 0.1) is 18.2 Å². The van der Waals surface area contributed by atoms with E-state index in [0.29, 0.717) is 18.2 Å². The number of nitrogens with zero attached hydrogens (tertiary/aromatic N) is 1. The summed E-state index contributed by atoms with van der Waals surface area (Å²) in [4.78, 5) is 11.6. The second-order valence-corrected chi connectivity index (χ2v) is 7.80. The zero-order chi connectivity index (χ0) is 23.8. The van der Waals surface area contributed by atoms with E-state index in [2.05, 4.69) is 0 Å². The maximum Gasteiger partial charge on any atom is 0.419 e. The number of alkyl halides is 6. The Labute approximate surface area is 171 Å². The van der Waals surface area contributed by atoms with Gasteiger partial charge in [-0.3, -0.25) is 4.79 Å². The maximum absolute atomic E-state index is 13.3. The molecule has 0 aliphatic heterocycles. The molecule has 6 nitrogen and oxygen atoms in total. The smallest absolute Gasteiger partial charge is 0.345 e. The molecule has 2 rings (SSSR count). The molecule has 0 unspecified atom stereocenters. The molecule has 168 valence electrons. The van der Waals surface area contributed by atoms with Gasteiger partial charge in [-0.05, 0) is 24.3 Å². The fourth-order valence-corrected chi connectivity index (χ4v) is 3.55. The first-order valence-corrected chi connectivity index (χ1v) is 9.44. The molecule has 0 saturated carbocycles. The van der Waals surface area contributed by atoms with Crippen molar-refractivity contribution in [2.45, 2.75) is 23.3 Å². The maximum atomic E-state index is 13.3.